The summed E-state index contributed by atoms with van der Waals surface area (Å²) in [7, 11) is 0. The van der Waals surface area contributed by atoms with Gasteiger partial charge in [0.05, 0.1) is 6.54 Å². The maximum atomic E-state index is 11.9. The Labute approximate surface area is 110 Å². The number of rotatable bonds is 2. The predicted octanol–water partition coefficient (Wildman–Crippen LogP) is 3.21. The highest BCUT2D eigenvalue weighted by molar-refractivity contribution is 7.09. The second-order valence-corrected chi connectivity index (χ2v) is 5.83. The zero-order valence-corrected chi connectivity index (χ0v) is 11.3. The van der Waals surface area contributed by atoms with Gasteiger partial charge in [-0.2, -0.15) is 0 Å². The fourth-order valence-corrected chi connectivity index (χ4v) is 3.24. The van der Waals surface area contributed by atoms with E-state index in [9.17, 15) is 4.79 Å². The minimum absolute atomic E-state index is 0.302. The first kappa shape index (κ1) is 11.7. The average Bonchev–Trinajstić information content (AvgIpc) is 2.88. The number of fused-ring (bicyclic) bond motifs is 1. The Morgan fingerprint density at radius 1 is 1.33 bits per heavy atom. The van der Waals surface area contributed by atoms with Crippen molar-refractivity contribution >= 4 is 17.1 Å². The Hall–Kier alpha value is -1.42. The third-order valence-electron chi connectivity index (χ3n) is 3.35. The highest BCUT2D eigenvalue weighted by atomic mass is 32.1. The van der Waals surface area contributed by atoms with Gasteiger partial charge in [-0.1, -0.05) is 0 Å². The number of aromatic nitrogens is 2. The Balaban J connectivity index is 1.86. The fourth-order valence-electron chi connectivity index (χ4n) is 2.46. The van der Waals surface area contributed by atoms with E-state index >= 15 is 0 Å². The quantitative estimate of drug-likeness (QED) is 0.777. The lowest BCUT2D eigenvalue weighted by molar-refractivity contribution is 0.0982. The van der Waals surface area contributed by atoms with Gasteiger partial charge in [-0.15, -0.1) is 11.3 Å². The molecule has 0 saturated heterocycles. The third-order valence-corrected chi connectivity index (χ3v) is 4.30. The lowest BCUT2D eigenvalue weighted by atomic mass is 10.1. The van der Waals surface area contributed by atoms with E-state index in [-0.39, 0.29) is 0 Å². The van der Waals surface area contributed by atoms with Crippen LogP contribution < -0.4 is 0 Å². The average molecular weight is 260 g/mol. The summed E-state index contributed by atoms with van der Waals surface area (Å²) in [6.07, 6.45) is 8.01. The first-order chi connectivity index (χ1) is 8.72. The van der Waals surface area contributed by atoms with Crippen molar-refractivity contribution in [3.8, 4) is 0 Å². The summed E-state index contributed by atoms with van der Waals surface area (Å²) in [5.74, 6) is 0.302. The highest BCUT2D eigenvalue weighted by Gasteiger charge is 2.17. The Kier molecular flexibility index (Phi) is 3.04. The summed E-state index contributed by atoms with van der Waals surface area (Å²) in [5.41, 5.74) is 3.21. The number of hydrogen-bond donors (Lipinski definition) is 0. The summed E-state index contributed by atoms with van der Waals surface area (Å²) in [6, 6.07) is 0. The zero-order valence-electron chi connectivity index (χ0n) is 10.5. The van der Waals surface area contributed by atoms with Crippen LogP contribution in [-0.4, -0.2) is 15.3 Å². The molecule has 4 heteroatoms. The maximum Gasteiger partial charge on any atom is 0.164 e. The van der Waals surface area contributed by atoms with Crippen LogP contribution in [0.25, 0.3) is 0 Å². The molecule has 0 bridgehead atoms. The van der Waals surface area contributed by atoms with Crippen molar-refractivity contribution in [1.82, 2.24) is 9.55 Å². The van der Waals surface area contributed by atoms with Gasteiger partial charge in [0.2, 0.25) is 0 Å². The van der Waals surface area contributed by atoms with Crippen molar-refractivity contribution in [2.75, 3.05) is 0 Å². The van der Waals surface area contributed by atoms with Gasteiger partial charge in [0.25, 0.3) is 0 Å². The highest BCUT2D eigenvalue weighted by Crippen LogP contribution is 2.22. The van der Waals surface area contributed by atoms with Gasteiger partial charge in [0.15, 0.2) is 5.78 Å². The van der Waals surface area contributed by atoms with Gasteiger partial charge in [0, 0.05) is 35.5 Å². The second-order valence-electron chi connectivity index (χ2n) is 4.88. The van der Waals surface area contributed by atoms with Crippen LogP contribution in [0, 0.1) is 6.92 Å². The van der Waals surface area contributed by atoms with Gasteiger partial charge in [-0.25, -0.2) is 4.98 Å². The van der Waals surface area contributed by atoms with E-state index in [1.54, 1.807) is 11.3 Å². The van der Waals surface area contributed by atoms with Gasteiger partial charge in [0.1, 0.15) is 5.01 Å². The van der Waals surface area contributed by atoms with Gasteiger partial charge in [-0.3, -0.25) is 4.79 Å². The van der Waals surface area contributed by atoms with Crippen molar-refractivity contribution < 1.29 is 4.79 Å². The topological polar surface area (TPSA) is 34.9 Å². The van der Waals surface area contributed by atoms with Gasteiger partial charge < -0.3 is 4.57 Å². The van der Waals surface area contributed by atoms with Crippen molar-refractivity contribution in [2.45, 2.75) is 39.2 Å². The largest absolute Gasteiger partial charge is 0.346 e. The molecular weight excluding hydrogens is 244 g/mol. The summed E-state index contributed by atoms with van der Waals surface area (Å²) in [5, 5.41) is 3.17. The molecule has 0 saturated carbocycles. The van der Waals surface area contributed by atoms with E-state index in [2.05, 4.69) is 21.1 Å². The third kappa shape index (κ3) is 2.25. The normalized spacial score (nSPS) is 15.5. The zero-order chi connectivity index (χ0) is 12.5. The number of hydrogen-bond acceptors (Lipinski definition) is 3. The van der Waals surface area contributed by atoms with E-state index in [1.165, 1.54) is 5.56 Å². The molecule has 0 fully saturated rings. The summed E-state index contributed by atoms with van der Waals surface area (Å²) in [4.78, 5) is 16.4. The van der Waals surface area contributed by atoms with Crippen molar-refractivity contribution in [3.05, 3.63) is 39.6 Å². The summed E-state index contributed by atoms with van der Waals surface area (Å²) < 4.78 is 2.10. The molecule has 1 aliphatic carbocycles. The molecule has 3 rings (SSSR count). The monoisotopic (exact) mass is 260 g/mol. The Bertz CT molecular complexity index is 582. The summed E-state index contributed by atoms with van der Waals surface area (Å²) >= 11 is 1.68. The number of ketones is 1. The van der Waals surface area contributed by atoms with Crippen molar-refractivity contribution in [2.24, 2.45) is 0 Å². The van der Waals surface area contributed by atoms with E-state index < -0.39 is 0 Å². The molecule has 2 aromatic rings. The number of Topliss-reactive ketones (excluding diaryl/α,β-unsaturated/α-hetero) is 1. The molecule has 0 radical (unpaired) electrons. The van der Waals surface area contributed by atoms with Crippen LogP contribution in [0.4, 0.5) is 0 Å². The van der Waals surface area contributed by atoms with E-state index in [1.807, 2.05) is 13.1 Å². The second kappa shape index (κ2) is 4.69. The van der Waals surface area contributed by atoms with Crippen LogP contribution in [0.3, 0.4) is 0 Å². The summed E-state index contributed by atoms with van der Waals surface area (Å²) in [6.45, 7) is 2.78. The SMILES string of the molecule is Cc1csc(Cn2cc3c(c2)C(=O)CCCC3)n1. The number of nitrogens with zero attached hydrogens (tertiary/aromatic N) is 2. The van der Waals surface area contributed by atoms with E-state index in [0.29, 0.717) is 12.2 Å². The number of aryl methyl sites for hydroxylation is 2. The van der Waals surface area contributed by atoms with Gasteiger partial charge >= 0.3 is 0 Å². The minimum Gasteiger partial charge on any atom is -0.346 e. The molecule has 2 heterocycles. The Morgan fingerprint density at radius 2 is 2.17 bits per heavy atom. The molecule has 18 heavy (non-hydrogen) atoms. The van der Waals surface area contributed by atoms with Crippen molar-refractivity contribution in [3.63, 3.8) is 0 Å². The number of thiazole rings is 1. The molecule has 0 unspecified atom stereocenters. The maximum absolute atomic E-state index is 11.9. The van der Waals surface area contributed by atoms with E-state index in [4.69, 9.17) is 0 Å². The molecule has 2 aromatic heterocycles. The fraction of sp³-hybridized carbons (Fsp3) is 0.429. The standard InChI is InChI=1S/C14H16N2OS/c1-10-9-18-14(15-10)8-16-6-11-4-2-3-5-13(17)12(11)7-16/h6-7,9H,2-5,8H2,1H3. The molecule has 94 valence electrons. The molecule has 0 aliphatic heterocycles. The first-order valence-electron chi connectivity index (χ1n) is 6.35. The smallest absolute Gasteiger partial charge is 0.164 e. The molecule has 0 spiro atoms. The predicted molar refractivity (Wildman–Crippen MR) is 72.3 cm³/mol. The molecular formula is C14H16N2OS. The molecule has 3 nitrogen and oxygen atoms in total. The molecule has 1 aliphatic rings. The minimum atomic E-state index is 0.302. The van der Waals surface area contributed by atoms with Crippen LogP contribution in [0.2, 0.25) is 0 Å². The number of carbonyl (C=O) groups is 1. The van der Waals surface area contributed by atoms with Crippen LogP contribution in [-0.2, 0) is 13.0 Å². The van der Waals surface area contributed by atoms with Crippen LogP contribution in [0.5, 0.6) is 0 Å². The molecule has 0 amide bonds. The molecule has 0 aromatic carbocycles. The Morgan fingerprint density at radius 3 is 2.94 bits per heavy atom. The van der Waals surface area contributed by atoms with Crippen molar-refractivity contribution in [1.29, 1.82) is 0 Å². The number of carbonyl (C=O) groups excluding carboxylic acids is 1. The first-order valence-corrected chi connectivity index (χ1v) is 7.23. The van der Waals surface area contributed by atoms with E-state index in [0.717, 1.165) is 42.1 Å². The van der Waals surface area contributed by atoms with Crippen LogP contribution >= 0.6 is 11.3 Å². The molecule has 0 atom stereocenters. The van der Waals surface area contributed by atoms with Crippen LogP contribution in [0.1, 0.15) is 45.9 Å². The van der Waals surface area contributed by atoms with Gasteiger partial charge in [-0.05, 0) is 31.7 Å². The van der Waals surface area contributed by atoms with Crippen LogP contribution in [0.15, 0.2) is 17.8 Å². The molecule has 0 N–H and O–H groups in total. The lowest BCUT2D eigenvalue weighted by Gasteiger charge is -1.99. The lowest BCUT2D eigenvalue weighted by Crippen LogP contribution is -1.98.